The van der Waals surface area contributed by atoms with Gasteiger partial charge in [0, 0.05) is 6.61 Å². The molecule has 0 amide bonds. The third-order valence-electron chi connectivity index (χ3n) is 3.84. The second kappa shape index (κ2) is 13.5. The van der Waals surface area contributed by atoms with Crippen molar-refractivity contribution < 1.29 is 18.9 Å². The highest BCUT2D eigenvalue weighted by Gasteiger charge is 2.26. The lowest BCUT2D eigenvalue weighted by atomic mass is 10.1. The predicted molar refractivity (Wildman–Crippen MR) is 83.5 cm³/mol. The van der Waals surface area contributed by atoms with Crippen molar-refractivity contribution in [3.63, 3.8) is 0 Å². The zero-order valence-electron chi connectivity index (χ0n) is 13.6. The van der Waals surface area contributed by atoms with Gasteiger partial charge >= 0.3 is 0 Å². The molecule has 0 radical (unpaired) electrons. The molecule has 0 aromatic heterocycles. The minimum absolute atomic E-state index is 0.343. The Balaban J connectivity index is 1.76. The van der Waals surface area contributed by atoms with Crippen molar-refractivity contribution >= 4 is 0 Å². The zero-order valence-corrected chi connectivity index (χ0v) is 13.6. The molecule has 2 atom stereocenters. The molecule has 126 valence electrons. The fourth-order valence-electron chi connectivity index (χ4n) is 2.54. The predicted octanol–water partition coefficient (Wildman–Crippen LogP) is 1.98. The maximum Gasteiger partial charge on any atom is 0.0704 e. The summed E-state index contributed by atoms with van der Waals surface area (Å²) in [5, 5.41) is 0. The van der Waals surface area contributed by atoms with Gasteiger partial charge in [-0.25, -0.2) is 0 Å². The molecule has 0 aromatic rings. The second-order valence-corrected chi connectivity index (χ2v) is 5.53. The van der Waals surface area contributed by atoms with E-state index in [-0.39, 0.29) is 0 Å². The Morgan fingerprint density at radius 2 is 1.48 bits per heavy atom. The Kier molecular flexibility index (Phi) is 12.1. The van der Waals surface area contributed by atoms with Gasteiger partial charge in [0.2, 0.25) is 0 Å². The molecule has 2 N–H and O–H groups in total. The van der Waals surface area contributed by atoms with Crippen molar-refractivity contribution in [3.05, 3.63) is 0 Å². The number of unbranched alkanes of at least 4 members (excludes halogenated alkanes) is 1. The Morgan fingerprint density at radius 1 is 0.857 bits per heavy atom. The number of hydrogen-bond donors (Lipinski definition) is 1. The van der Waals surface area contributed by atoms with E-state index in [1.165, 1.54) is 19.3 Å². The number of rotatable bonds is 14. The molecule has 5 nitrogen and oxygen atoms in total. The van der Waals surface area contributed by atoms with Crippen molar-refractivity contribution in [2.75, 3.05) is 52.8 Å². The summed E-state index contributed by atoms with van der Waals surface area (Å²) in [6.45, 7) is 7.55. The molecule has 21 heavy (non-hydrogen) atoms. The first-order valence-electron chi connectivity index (χ1n) is 8.43. The molecule has 1 rings (SSSR count). The van der Waals surface area contributed by atoms with E-state index in [0.717, 1.165) is 26.0 Å². The van der Waals surface area contributed by atoms with Gasteiger partial charge in [-0.15, -0.1) is 0 Å². The van der Waals surface area contributed by atoms with E-state index in [1.54, 1.807) is 0 Å². The van der Waals surface area contributed by atoms with Gasteiger partial charge in [-0.3, -0.25) is 0 Å². The van der Waals surface area contributed by atoms with Crippen LogP contribution >= 0.6 is 0 Å². The fraction of sp³-hybridized carbons (Fsp3) is 1.00. The largest absolute Gasteiger partial charge is 0.379 e. The standard InChI is InChI=1S/C16H33NO4/c1-2-3-7-18-8-9-19-10-11-20-12-13-21-16-6-4-5-15(16)14-17/h15-16H,2-14,17H2,1H3. The maximum absolute atomic E-state index is 5.82. The van der Waals surface area contributed by atoms with E-state index in [2.05, 4.69) is 6.92 Å². The molecular formula is C16H33NO4. The molecule has 0 saturated heterocycles. The van der Waals surface area contributed by atoms with Gasteiger partial charge in [0.05, 0.1) is 45.7 Å². The summed E-state index contributed by atoms with van der Waals surface area (Å²) in [5.74, 6) is 0.543. The van der Waals surface area contributed by atoms with Crippen LogP contribution in [0.2, 0.25) is 0 Å². The van der Waals surface area contributed by atoms with E-state index in [9.17, 15) is 0 Å². The molecule has 0 bridgehead atoms. The Morgan fingerprint density at radius 3 is 2.10 bits per heavy atom. The van der Waals surface area contributed by atoms with Crippen LogP contribution in [0.5, 0.6) is 0 Å². The Bertz CT molecular complexity index is 228. The first-order valence-corrected chi connectivity index (χ1v) is 8.43. The lowest BCUT2D eigenvalue weighted by molar-refractivity contribution is -0.0267. The lowest BCUT2D eigenvalue weighted by Gasteiger charge is -2.18. The lowest BCUT2D eigenvalue weighted by Crippen LogP contribution is -2.26. The second-order valence-electron chi connectivity index (χ2n) is 5.53. The molecule has 1 fully saturated rings. The summed E-state index contributed by atoms with van der Waals surface area (Å²) in [5.41, 5.74) is 5.72. The minimum atomic E-state index is 0.343. The SMILES string of the molecule is CCCCOCCOCCOCCOC1CCCC1CN. The van der Waals surface area contributed by atoms with E-state index in [1.807, 2.05) is 0 Å². The highest BCUT2D eigenvalue weighted by molar-refractivity contribution is 4.78. The van der Waals surface area contributed by atoms with Crippen LogP contribution in [0.1, 0.15) is 39.0 Å². The van der Waals surface area contributed by atoms with Gasteiger partial charge in [0.25, 0.3) is 0 Å². The van der Waals surface area contributed by atoms with Crippen LogP contribution in [0.25, 0.3) is 0 Å². The normalized spacial score (nSPS) is 22.0. The third-order valence-corrected chi connectivity index (χ3v) is 3.84. The average molecular weight is 303 g/mol. The number of hydrogen-bond acceptors (Lipinski definition) is 5. The Hall–Kier alpha value is -0.200. The summed E-state index contributed by atoms with van der Waals surface area (Å²) in [4.78, 5) is 0. The fourth-order valence-corrected chi connectivity index (χ4v) is 2.54. The summed E-state index contributed by atoms with van der Waals surface area (Å²) in [7, 11) is 0. The molecule has 1 aliphatic rings. The van der Waals surface area contributed by atoms with Crippen LogP contribution in [0, 0.1) is 5.92 Å². The van der Waals surface area contributed by atoms with Gasteiger partial charge < -0.3 is 24.7 Å². The smallest absolute Gasteiger partial charge is 0.0704 e. The quantitative estimate of drug-likeness (QED) is 0.497. The molecule has 0 aromatic carbocycles. The van der Waals surface area contributed by atoms with Crippen LogP contribution in [0.15, 0.2) is 0 Å². The monoisotopic (exact) mass is 303 g/mol. The molecule has 2 unspecified atom stereocenters. The van der Waals surface area contributed by atoms with Gasteiger partial charge in [-0.1, -0.05) is 19.8 Å². The number of ether oxygens (including phenoxy) is 4. The summed E-state index contributed by atoms with van der Waals surface area (Å²) in [6.07, 6.45) is 6.22. The summed E-state index contributed by atoms with van der Waals surface area (Å²) >= 11 is 0. The minimum Gasteiger partial charge on any atom is -0.379 e. The van der Waals surface area contributed by atoms with Crippen LogP contribution in [-0.2, 0) is 18.9 Å². The zero-order chi connectivity index (χ0) is 15.2. The molecule has 0 aliphatic heterocycles. The topological polar surface area (TPSA) is 62.9 Å². The van der Waals surface area contributed by atoms with Gasteiger partial charge in [0.15, 0.2) is 0 Å². The molecule has 0 heterocycles. The van der Waals surface area contributed by atoms with E-state index < -0.39 is 0 Å². The molecule has 0 spiro atoms. The van der Waals surface area contributed by atoms with Crippen molar-refractivity contribution in [1.82, 2.24) is 0 Å². The summed E-state index contributed by atoms with van der Waals surface area (Å²) < 4.78 is 22.1. The van der Waals surface area contributed by atoms with E-state index >= 15 is 0 Å². The van der Waals surface area contributed by atoms with Crippen LogP contribution < -0.4 is 5.73 Å². The average Bonchev–Trinajstić information content (AvgIpc) is 2.96. The molecule has 1 aliphatic carbocycles. The van der Waals surface area contributed by atoms with Crippen molar-refractivity contribution in [3.8, 4) is 0 Å². The highest BCUT2D eigenvalue weighted by atomic mass is 16.6. The molecular weight excluding hydrogens is 270 g/mol. The first kappa shape index (κ1) is 18.8. The number of nitrogens with two attached hydrogens (primary N) is 1. The van der Waals surface area contributed by atoms with Gasteiger partial charge in [-0.05, 0) is 31.7 Å². The molecule has 5 heteroatoms. The van der Waals surface area contributed by atoms with Crippen LogP contribution in [-0.4, -0.2) is 58.9 Å². The van der Waals surface area contributed by atoms with E-state index in [4.69, 9.17) is 24.7 Å². The van der Waals surface area contributed by atoms with Crippen molar-refractivity contribution in [1.29, 1.82) is 0 Å². The first-order chi connectivity index (χ1) is 10.4. The van der Waals surface area contributed by atoms with Gasteiger partial charge in [-0.2, -0.15) is 0 Å². The highest BCUT2D eigenvalue weighted by Crippen LogP contribution is 2.27. The van der Waals surface area contributed by atoms with Crippen LogP contribution in [0.4, 0.5) is 0 Å². The van der Waals surface area contributed by atoms with E-state index in [0.29, 0.717) is 51.7 Å². The van der Waals surface area contributed by atoms with Crippen LogP contribution in [0.3, 0.4) is 0 Å². The Labute approximate surface area is 129 Å². The maximum atomic E-state index is 5.82. The van der Waals surface area contributed by atoms with Crippen molar-refractivity contribution in [2.24, 2.45) is 11.7 Å². The van der Waals surface area contributed by atoms with Gasteiger partial charge in [0.1, 0.15) is 0 Å². The molecule has 1 saturated carbocycles. The van der Waals surface area contributed by atoms with Crippen molar-refractivity contribution in [2.45, 2.75) is 45.1 Å². The summed E-state index contributed by atoms with van der Waals surface area (Å²) in [6, 6.07) is 0. The third kappa shape index (κ3) is 9.42.